The molecule has 0 amide bonds. The molecule has 0 aliphatic carbocycles. The normalized spacial score (nSPS) is 12.2. The van der Waals surface area contributed by atoms with Gasteiger partial charge in [-0.25, -0.2) is 0 Å². The largest absolute Gasteiger partial charge is 0.508 e. The highest BCUT2D eigenvalue weighted by Gasteiger charge is 2.12. The standard InChI is InChI=1S/C15H13Cl3O3S/c16-9-5-13(17)15(14(18)6-9)21-7-11(20)8-22-12-3-1-10(19)2-4-12/h1-6,11,19-20H,7-8H2. The lowest BCUT2D eigenvalue weighted by atomic mass is 10.3. The Kier molecular flexibility index (Phi) is 6.53. The fourth-order valence-electron chi connectivity index (χ4n) is 1.63. The molecule has 0 spiro atoms. The molecule has 0 fully saturated rings. The van der Waals surface area contributed by atoms with Crippen molar-refractivity contribution in [1.29, 1.82) is 0 Å². The molecule has 0 saturated heterocycles. The van der Waals surface area contributed by atoms with E-state index in [0.29, 0.717) is 26.6 Å². The van der Waals surface area contributed by atoms with Gasteiger partial charge in [-0.05, 0) is 36.4 Å². The van der Waals surface area contributed by atoms with Crippen LogP contribution in [-0.4, -0.2) is 28.7 Å². The van der Waals surface area contributed by atoms with Crippen LogP contribution in [0.4, 0.5) is 0 Å². The van der Waals surface area contributed by atoms with Crippen LogP contribution in [0.25, 0.3) is 0 Å². The minimum absolute atomic E-state index is 0.0617. The summed E-state index contributed by atoms with van der Waals surface area (Å²) in [6.45, 7) is 0.0617. The second-order valence-corrected chi connectivity index (χ2v) is 6.81. The molecule has 1 atom stereocenters. The smallest absolute Gasteiger partial charge is 0.156 e. The van der Waals surface area contributed by atoms with Crippen molar-refractivity contribution in [3.63, 3.8) is 0 Å². The number of halogens is 3. The molecule has 0 saturated carbocycles. The van der Waals surface area contributed by atoms with Crippen molar-refractivity contribution < 1.29 is 14.9 Å². The van der Waals surface area contributed by atoms with Gasteiger partial charge in [-0.1, -0.05) is 34.8 Å². The van der Waals surface area contributed by atoms with Crippen molar-refractivity contribution in [2.45, 2.75) is 11.0 Å². The summed E-state index contributed by atoms with van der Waals surface area (Å²) in [7, 11) is 0. The van der Waals surface area contributed by atoms with Crippen LogP contribution in [0.3, 0.4) is 0 Å². The van der Waals surface area contributed by atoms with E-state index < -0.39 is 6.10 Å². The minimum atomic E-state index is -0.693. The molecule has 7 heteroatoms. The van der Waals surface area contributed by atoms with E-state index in [0.717, 1.165) is 4.90 Å². The molecule has 118 valence electrons. The first-order valence-electron chi connectivity index (χ1n) is 6.33. The molecular weight excluding hydrogens is 367 g/mol. The van der Waals surface area contributed by atoms with Gasteiger partial charge >= 0.3 is 0 Å². The number of hydrogen-bond donors (Lipinski definition) is 2. The first kappa shape index (κ1) is 17.6. The summed E-state index contributed by atoms with van der Waals surface area (Å²) in [5.41, 5.74) is 0. The Balaban J connectivity index is 1.85. The van der Waals surface area contributed by atoms with E-state index in [2.05, 4.69) is 0 Å². The second kappa shape index (κ2) is 8.18. The van der Waals surface area contributed by atoms with Crippen molar-refractivity contribution in [2.75, 3.05) is 12.4 Å². The van der Waals surface area contributed by atoms with Crippen molar-refractivity contribution in [2.24, 2.45) is 0 Å². The molecule has 0 aliphatic rings. The van der Waals surface area contributed by atoms with Crippen LogP contribution in [0.2, 0.25) is 15.1 Å². The van der Waals surface area contributed by atoms with E-state index in [9.17, 15) is 10.2 Å². The SMILES string of the molecule is Oc1ccc(SCC(O)COc2c(Cl)cc(Cl)cc2Cl)cc1. The highest BCUT2D eigenvalue weighted by Crippen LogP contribution is 2.36. The maximum absolute atomic E-state index is 9.96. The molecule has 3 nitrogen and oxygen atoms in total. The molecule has 2 N–H and O–H groups in total. The van der Waals surface area contributed by atoms with E-state index in [-0.39, 0.29) is 12.4 Å². The molecule has 2 rings (SSSR count). The van der Waals surface area contributed by atoms with Gasteiger partial charge in [0.15, 0.2) is 5.75 Å². The van der Waals surface area contributed by atoms with Crippen LogP contribution < -0.4 is 4.74 Å². The zero-order valence-electron chi connectivity index (χ0n) is 11.3. The van der Waals surface area contributed by atoms with Crippen molar-refractivity contribution >= 4 is 46.6 Å². The average Bonchev–Trinajstić information content (AvgIpc) is 2.45. The Bertz CT molecular complexity index is 611. The second-order valence-electron chi connectivity index (χ2n) is 4.47. The highest BCUT2D eigenvalue weighted by atomic mass is 35.5. The van der Waals surface area contributed by atoms with E-state index >= 15 is 0 Å². The van der Waals surface area contributed by atoms with Gasteiger partial charge in [-0.15, -0.1) is 11.8 Å². The Morgan fingerprint density at radius 2 is 1.64 bits per heavy atom. The molecule has 0 heterocycles. The molecule has 2 aromatic carbocycles. The number of aliphatic hydroxyl groups is 1. The zero-order chi connectivity index (χ0) is 16.1. The van der Waals surface area contributed by atoms with Crippen LogP contribution in [0.15, 0.2) is 41.3 Å². The number of benzene rings is 2. The van der Waals surface area contributed by atoms with E-state index in [1.165, 1.54) is 23.9 Å². The van der Waals surface area contributed by atoms with Gasteiger partial charge in [0.05, 0.1) is 16.1 Å². The van der Waals surface area contributed by atoms with Gasteiger partial charge < -0.3 is 14.9 Å². The Morgan fingerprint density at radius 3 is 2.23 bits per heavy atom. The monoisotopic (exact) mass is 378 g/mol. The van der Waals surface area contributed by atoms with E-state index in [4.69, 9.17) is 39.5 Å². The van der Waals surface area contributed by atoms with Crippen molar-refractivity contribution in [1.82, 2.24) is 0 Å². The number of ether oxygens (including phenoxy) is 1. The van der Waals surface area contributed by atoms with Gasteiger partial charge in [0, 0.05) is 15.7 Å². The number of aromatic hydroxyl groups is 1. The average molecular weight is 380 g/mol. The minimum Gasteiger partial charge on any atom is -0.508 e. The molecular formula is C15H13Cl3O3S. The molecule has 22 heavy (non-hydrogen) atoms. The third-order valence-corrected chi connectivity index (χ3v) is 4.60. The van der Waals surface area contributed by atoms with Gasteiger partial charge in [0.2, 0.25) is 0 Å². The first-order valence-corrected chi connectivity index (χ1v) is 8.45. The van der Waals surface area contributed by atoms with Crippen LogP contribution in [0.1, 0.15) is 0 Å². The third-order valence-electron chi connectivity index (χ3n) is 2.66. The number of rotatable bonds is 6. The Morgan fingerprint density at radius 1 is 1.05 bits per heavy atom. The van der Waals surface area contributed by atoms with Gasteiger partial charge in [0.1, 0.15) is 12.4 Å². The quantitative estimate of drug-likeness (QED) is 0.702. The van der Waals surface area contributed by atoms with Crippen LogP contribution >= 0.6 is 46.6 Å². The number of aliphatic hydroxyl groups excluding tert-OH is 1. The summed E-state index contributed by atoms with van der Waals surface area (Å²) >= 11 is 19.3. The highest BCUT2D eigenvalue weighted by molar-refractivity contribution is 7.99. The van der Waals surface area contributed by atoms with Crippen molar-refractivity contribution in [3.8, 4) is 11.5 Å². The summed E-state index contributed by atoms with van der Waals surface area (Å²) in [6, 6.07) is 9.81. The fourth-order valence-corrected chi connectivity index (χ4v) is 3.36. The predicted octanol–water partition coefficient (Wildman–Crippen LogP) is 4.88. The lowest BCUT2D eigenvalue weighted by Crippen LogP contribution is -2.20. The fraction of sp³-hybridized carbons (Fsp3) is 0.200. The summed E-state index contributed by atoms with van der Waals surface area (Å²) in [6.07, 6.45) is -0.693. The summed E-state index contributed by atoms with van der Waals surface area (Å²) in [5.74, 6) is 0.954. The third kappa shape index (κ3) is 5.14. The lowest BCUT2D eigenvalue weighted by molar-refractivity contribution is 0.126. The molecule has 0 aromatic heterocycles. The summed E-state index contributed by atoms with van der Waals surface area (Å²) in [4.78, 5) is 0.944. The molecule has 2 aromatic rings. The number of phenols is 1. The van der Waals surface area contributed by atoms with E-state index in [1.807, 2.05) is 0 Å². The number of hydrogen-bond acceptors (Lipinski definition) is 4. The van der Waals surface area contributed by atoms with Crippen LogP contribution in [0, 0.1) is 0 Å². The number of thioether (sulfide) groups is 1. The number of phenolic OH excluding ortho intramolecular Hbond substituents is 1. The maximum Gasteiger partial charge on any atom is 0.156 e. The first-order chi connectivity index (χ1) is 10.5. The van der Waals surface area contributed by atoms with Gasteiger partial charge in [-0.2, -0.15) is 0 Å². The molecule has 0 radical (unpaired) electrons. The van der Waals surface area contributed by atoms with E-state index in [1.54, 1.807) is 24.3 Å². The van der Waals surface area contributed by atoms with Gasteiger partial charge in [0.25, 0.3) is 0 Å². The van der Waals surface area contributed by atoms with Gasteiger partial charge in [-0.3, -0.25) is 0 Å². The zero-order valence-corrected chi connectivity index (χ0v) is 14.4. The molecule has 0 aliphatic heterocycles. The Hall–Kier alpha value is -0.780. The van der Waals surface area contributed by atoms with Crippen LogP contribution in [-0.2, 0) is 0 Å². The molecule has 0 bridgehead atoms. The molecule has 1 unspecified atom stereocenters. The lowest BCUT2D eigenvalue weighted by Gasteiger charge is -2.14. The predicted molar refractivity (Wildman–Crippen MR) is 91.8 cm³/mol. The summed E-state index contributed by atoms with van der Waals surface area (Å²) in [5, 5.41) is 20.2. The topological polar surface area (TPSA) is 49.7 Å². The Labute approximate surface area is 147 Å². The maximum atomic E-state index is 9.96. The van der Waals surface area contributed by atoms with Crippen LogP contribution in [0.5, 0.6) is 11.5 Å². The van der Waals surface area contributed by atoms with Crippen molar-refractivity contribution in [3.05, 3.63) is 51.5 Å². The summed E-state index contributed by atoms with van der Waals surface area (Å²) < 4.78 is 5.47.